The fraction of sp³-hybridized carbons (Fsp3) is 0.789. The number of hydrogen-bond donors (Lipinski definition) is 1. The minimum absolute atomic E-state index is 0.273. The van der Waals surface area contributed by atoms with Crippen LogP contribution in [0, 0.1) is 11.8 Å². The number of aryl methyl sites for hydroxylation is 1. The lowest BCUT2D eigenvalue weighted by molar-refractivity contribution is 0.248. The molecule has 0 amide bonds. The third-order valence-corrected chi connectivity index (χ3v) is 5.43. The second-order valence-electron chi connectivity index (χ2n) is 7.86. The molecule has 6 heteroatoms. The highest BCUT2D eigenvalue weighted by Gasteiger charge is 2.22. The zero-order valence-electron chi connectivity index (χ0n) is 16.9. The normalized spacial score (nSPS) is 22.9. The van der Waals surface area contributed by atoms with Gasteiger partial charge < -0.3 is 15.1 Å². The second kappa shape index (κ2) is 9.22. The molecule has 6 nitrogen and oxygen atoms in total. The van der Waals surface area contributed by atoms with Crippen LogP contribution < -0.4 is 5.32 Å². The molecular formula is C19H36N6. The summed E-state index contributed by atoms with van der Waals surface area (Å²) >= 11 is 0. The predicted octanol–water partition coefficient (Wildman–Crippen LogP) is 2.36. The molecule has 1 N–H and O–H groups in total. The van der Waals surface area contributed by atoms with E-state index in [2.05, 4.69) is 59.5 Å². The molecule has 1 aliphatic carbocycles. The third kappa shape index (κ3) is 5.73. The SMILES string of the molecule is CN=C(NCC(c1cnn(C)c1)N(C)C)N(C)CC1CCC(C)CC1. The van der Waals surface area contributed by atoms with E-state index in [9.17, 15) is 0 Å². The van der Waals surface area contributed by atoms with Crippen molar-refractivity contribution in [2.45, 2.75) is 38.6 Å². The quantitative estimate of drug-likeness (QED) is 0.633. The first kappa shape index (κ1) is 19.8. The molecule has 1 atom stereocenters. The van der Waals surface area contributed by atoms with E-state index in [0.717, 1.165) is 30.9 Å². The molecule has 1 saturated carbocycles. The highest BCUT2D eigenvalue weighted by atomic mass is 15.3. The minimum atomic E-state index is 0.273. The molecule has 0 aromatic carbocycles. The van der Waals surface area contributed by atoms with E-state index in [-0.39, 0.29) is 6.04 Å². The van der Waals surface area contributed by atoms with Gasteiger partial charge in [-0.1, -0.05) is 19.8 Å². The number of nitrogens with zero attached hydrogens (tertiary/aromatic N) is 5. The van der Waals surface area contributed by atoms with Crippen molar-refractivity contribution in [3.05, 3.63) is 18.0 Å². The summed E-state index contributed by atoms with van der Waals surface area (Å²) in [7, 11) is 10.2. The maximum atomic E-state index is 4.49. The van der Waals surface area contributed by atoms with E-state index in [1.54, 1.807) is 0 Å². The first-order valence-corrected chi connectivity index (χ1v) is 9.47. The van der Waals surface area contributed by atoms with E-state index in [4.69, 9.17) is 0 Å². The van der Waals surface area contributed by atoms with Crippen LogP contribution in [0.5, 0.6) is 0 Å². The molecule has 142 valence electrons. The van der Waals surface area contributed by atoms with Gasteiger partial charge in [0.1, 0.15) is 0 Å². The van der Waals surface area contributed by atoms with Crippen LogP contribution >= 0.6 is 0 Å². The summed E-state index contributed by atoms with van der Waals surface area (Å²) in [4.78, 5) is 9.00. The summed E-state index contributed by atoms with van der Waals surface area (Å²) in [5, 5.41) is 7.86. The Hall–Kier alpha value is -1.56. The van der Waals surface area contributed by atoms with Crippen molar-refractivity contribution < 1.29 is 0 Å². The Morgan fingerprint density at radius 3 is 2.52 bits per heavy atom. The van der Waals surface area contributed by atoms with Crippen LogP contribution in [0.15, 0.2) is 17.4 Å². The van der Waals surface area contributed by atoms with Gasteiger partial charge in [0, 0.05) is 46.0 Å². The number of rotatable bonds is 6. The van der Waals surface area contributed by atoms with Crippen molar-refractivity contribution in [2.75, 3.05) is 41.3 Å². The summed E-state index contributed by atoms with van der Waals surface area (Å²) in [6.45, 7) is 4.28. The molecule has 1 heterocycles. The van der Waals surface area contributed by atoms with Crippen LogP contribution in [0.25, 0.3) is 0 Å². The monoisotopic (exact) mass is 348 g/mol. The van der Waals surface area contributed by atoms with E-state index in [0.29, 0.717) is 0 Å². The van der Waals surface area contributed by atoms with Crippen molar-refractivity contribution >= 4 is 5.96 Å². The van der Waals surface area contributed by atoms with Gasteiger partial charge in [-0.25, -0.2) is 0 Å². The van der Waals surface area contributed by atoms with Gasteiger partial charge >= 0.3 is 0 Å². The first-order chi connectivity index (χ1) is 11.9. The Morgan fingerprint density at radius 1 is 1.32 bits per heavy atom. The van der Waals surface area contributed by atoms with Gasteiger partial charge in [-0.2, -0.15) is 5.10 Å². The molecule has 2 rings (SSSR count). The lowest BCUT2D eigenvalue weighted by Crippen LogP contribution is -2.44. The summed E-state index contributed by atoms with van der Waals surface area (Å²) in [6.07, 6.45) is 9.46. The average molecular weight is 349 g/mol. The molecule has 1 aromatic heterocycles. The van der Waals surface area contributed by atoms with E-state index in [1.807, 2.05) is 25.0 Å². The highest BCUT2D eigenvalue weighted by molar-refractivity contribution is 5.79. The first-order valence-electron chi connectivity index (χ1n) is 9.47. The standard InChI is InChI=1S/C19H36N6/c1-15-7-9-16(10-8-15)13-24(5)19(20-2)21-12-18(23(3)4)17-11-22-25(6)14-17/h11,14-16,18H,7-10,12-13H2,1-6H3,(H,20,21). The van der Waals surface area contributed by atoms with Crippen LogP contribution in [0.2, 0.25) is 0 Å². The number of likely N-dealkylation sites (N-methyl/N-ethyl adjacent to an activating group) is 1. The summed E-state index contributed by atoms with van der Waals surface area (Å²) in [5.74, 6) is 2.68. The van der Waals surface area contributed by atoms with Gasteiger partial charge in [0.05, 0.1) is 12.2 Å². The van der Waals surface area contributed by atoms with Crippen LogP contribution in [0.3, 0.4) is 0 Å². The van der Waals surface area contributed by atoms with E-state index < -0.39 is 0 Å². The molecule has 0 saturated heterocycles. The van der Waals surface area contributed by atoms with Gasteiger partial charge in [-0.15, -0.1) is 0 Å². The molecule has 0 aliphatic heterocycles. The molecule has 25 heavy (non-hydrogen) atoms. The second-order valence-corrected chi connectivity index (χ2v) is 7.86. The maximum absolute atomic E-state index is 4.49. The lowest BCUT2D eigenvalue weighted by Gasteiger charge is -2.32. The van der Waals surface area contributed by atoms with Gasteiger partial charge in [0.2, 0.25) is 0 Å². The van der Waals surface area contributed by atoms with Crippen molar-refractivity contribution in [3.8, 4) is 0 Å². The van der Waals surface area contributed by atoms with Crippen LogP contribution in [-0.4, -0.2) is 66.8 Å². The molecule has 0 radical (unpaired) electrons. The number of hydrogen-bond acceptors (Lipinski definition) is 3. The molecule has 1 aliphatic rings. The summed E-state index contributed by atoms with van der Waals surface area (Å²) in [5.41, 5.74) is 1.22. The van der Waals surface area contributed by atoms with Crippen molar-refractivity contribution in [1.29, 1.82) is 0 Å². The maximum Gasteiger partial charge on any atom is 0.193 e. The van der Waals surface area contributed by atoms with E-state index in [1.165, 1.54) is 31.2 Å². The fourth-order valence-electron chi connectivity index (χ4n) is 3.77. The number of aromatic nitrogens is 2. The minimum Gasteiger partial charge on any atom is -0.354 e. The predicted molar refractivity (Wildman–Crippen MR) is 105 cm³/mol. The highest BCUT2D eigenvalue weighted by Crippen LogP contribution is 2.28. The van der Waals surface area contributed by atoms with Gasteiger partial charge in [0.25, 0.3) is 0 Å². The lowest BCUT2D eigenvalue weighted by atomic mass is 9.83. The van der Waals surface area contributed by atoms with Gasteiger partial charge in [-0.3, -0.25) is 9.67 Å². The smallest absolute Gasteiger partial charge is 0.193 e. The van der Waals surface area contributed by atoms with Crippen LogP contribution in [0.1, 0.15) is 44.2 Å². The number of aliphatic imine (C=N–C) groups is 1. The third-order valence-electron chi connectivity index (χ3n) is 5.43. The Morgan fingerprint density at radius 2 is 2.00 bits per heavy atom. The zero-order chi connectivity index (χ0) is 18.4. The van der Waals surface area contributed by atoms with Crippen molar-refractivity contribution in [1.82, 2.24) is 24.9 Å². The largest absolute Gasteiger partial charge is 0.354 e. The average Bonchev–Trinajstić information content (AvgIpc) is 2.99. The number of nitrogens with one attached hydrogen (secondary N) is 1. The molecule has 1 fully saturated rings. The molecule has 1 unspecified atom stereocenters. The summed E-state index contributed by atoms with van der Waals surface area (Å²) < 4.78 is 1.86. The van der Waals surface area contributed by atoms with Crippen molar-refractivity contribution in [2.24, 2.45) is 23.9 Å². The Labute approximate surface area is 153 Å². The van der Waals surface area contributed by atoms with Crippen molar-refractivity contribution in [3.63, 3.8) is 0 Å². The Kier molecular flexibility index (Phi) is 7.29. The molecule has 0 bridgehead atoms. The Bertz CT molecular complexity index is 542. The molecule has 0 spiro atoms. The van der Waals surface area contributed by atoms with Crippen LogP contribution in [-0.2, 0) is 7.05 Å². The fourth-order valence-corrected chi connectivity index (χ4v) is 3.77. The zero-order valence-corrected chi connectivity index (χ0v) is 16.9. The molecule has 1 aromatic rings. The number of guanidine groups is 1. The van der Waals surface area contributed by atoms with Crippen LogP contribution in [0.4, 0.5) is 0 Å². The Balaban J connectivity index is 1.89. The van der Waals surface area contributed by atoms with E-state index >= 15 is 0 Å². The molecular weight excluding hydrogens is 312 g/mol. The van der Waals surface area contributed by atoms with Gasteiger partial charge in [-0.05, 0) is 38.8 Å². The summed E-state index contributed by atoms with van der Waals surface area (Å²) in [6, 6.07) is 0.273. The van der Waals surface area contributed by atoms with Gasteiger partial charge in [0.15, 0.2) is 5.96 Å². The topological polar surface area (TPSA) is 48.7 Å².